The molecule has 0 saturated carbocycles. The number of carbonyl (C=O) groups is 3. The lowest BCUT2D eigenvalue weighted by Gasteiger charge is -2.38. The van der Waals surface area contributed by atoms with Gasteiger partial charge in [0.2, 0.25) is 11.8 Å². The van der Waals surface area contributed by atoms with Crippen molar-refractivity contribution in [3.63, 3.8) is 0 Å². The number of unbranched alkanes of at least 4 members (excludes halogenated alkanes) is 1. The number of hydrogen-bond acceptors (Lipinski definition) is 5. The van der Waals surface area contributed by atoms with Crippen LogP contribution in [0.4, 0.5) is 4.79 Å². The average molecular weight is 492 g/mol. The van der Waals surface area contributed by atoms with E-state index in [1.165, 1.54) is 12.1 Å². The molecular weight excluding hydrogens is 446 g/mol. The molecule has 0 radical (unpaired) electrons. The summed E-state index contributed by atoms with van der Waals surface area (Å²) in [4.78, 5) is 41.1. The summed E-state index contributed by atoms with van der Waals surface area (Å²) < 4.78 is 5.32. The number of nitrogens with one attached hydrogen (secondary N) is 2. The zero-order valence-corrected chi connectivity index (χ0v) is 22.7. The van der Waals surface area contributed by atoms with E-state index in [1.54, 1.807) is 44.7 Å². The fraction of sp³-hybridized carbons (Fsp3) is 0.667. The Morgan fingerprint density at radius 1 is 1.09 bits per heavy atom. The molecule has 1 aromatic carbocycles. The average Bonchev–Trinajstić information content (AvgIpc) is 2.73. The van der Waals surface area contributed by atoms with Gasteiger partial charge in [-0.2, -0.15) is 0 Å². The topological polar surface area (TPSA) is 108 Å². The molecule has 35 heavy (non-hydrogen) atoms. The van der Waals surface area contributed by atoms with E-state index in [-0.39, 0.29) is 17.7 Å². The number of amides is 3. The molecule has 3 unspecified atom stereocenters. The first-order valence-electron chi connectivity index (χ1n) is 12.6. The van der Waals surface area contributed by atoms with Crippen molar-refractivity contribution >= 4 is 17.9 Å². The Morgan fingerprint density at radius 2 is 1.74 bits per heavy atom. The van der Waals surface area contributed by atoms with Crippen LogP contribution >= 0.6 is 0 Å². The van der Waals surface area contributed by atoms with Gasteiger partial charge in [0.05, 0.1) is 0 Å². The molecule has 0 aromatic heterocycles. The number of phenolic OH excluding ortho intramolecular Hbond substituents is 1. The van der Waals surface area contributed by atoms with Crippen molar-refractivity contribution in [3.05, 3.63) is 29.8 Å². The zero-order valence-electron chi connectivity index (χ0n) is 22.7. The summed E-state index contributed by atoms with van der Waals surface area (Å²) in [7, 11) is 0. The summed E-state index contributed by atoms with van der Waals surface area (Å²) in [5.41, 5.74) is -0.200. The number of alkyl carbamates (subject to hydrolysis) is 1. The first-order chi connectivity index (χ1) is 16.3. The van der Waals surface area contributed by atoms with Gasteiger partial charge in [0.15, 0.2) is 0 Å². The van der Waals surface area contributed by atoms with Crippen LogP contribution in [-0.2, 0) is 14.3 Å². The Labute approximate surface area is 210 Å². The van der Waals surface area contributed by atoms with Gasteiger partial charge in [-0.15, -0.1) is 0 Å². The van der Waals surface area contributed by atoms with Crippen LogP contribution in [0.1, 0.15) is 92.7 Å². The minimum Gasteiger partial charge on any atom is -0.508 e. The van der Waals surface area contributed by atoms with E-state index in [0.29, 0.717) is 24.4 Å². The minimum absolute atomic E-state index is 0.0102. The third-order valence-corrected chi connectivity index (χ3v) is 5.54. The van der Waals surface area contributed by atoms with Crippen molar-refractivity contribution < 1.29 is 24.2 Å². The van der Waals surface area contributed by atoms with E-state index < -0.39 is 29.7 Å². The Hall–Kier alpha value is -2.77. The lowest BCUT2D eigenvalue weighted by Crippen LogP contribution is -2.54. The number of hydrogen-bond donors (Lipinski definition) is 3. The maximum atomic E-state index is 13.8. The molecule has 0 aliphatic carbocycles. The minimum atomic E-state index is -0.962. The smallest absolute Gasteiger partial charge is 0.408 e. The van der Waals surface area contributed by atoms with E-state index in [1.807, 2.05) is 13.8 Å². The predicted molar refractivity (Wildman–Crippen MR) is 138 cm³/mol. The highest BCUT2D eigenvalue weighted by atomic mass is 16.6. The zero-order chi connectivity index (χ0) is 26.8. The number of phenols is 1. The van der Waals surface area contributed by atoms with Gasteiger partial charge >= 0.3 is 6.09 Å². The van der Waals surface area contributed by atoms with Crippen molar-refractivity contribution in [1.29, 1.82) is 0 Å². The normalized spacial score (nSPS) is 14.1. The Kier molecular flexibility index (Phi) is 12.1. The molecule has 198 valence electrons. The van der Waals surface area contributed by atoms with E-state index in [9.17, 15) is 19.5 Å². The first kappa shape index (κ1) is 30.3. The molecule has 0 fully saturated rings. The maximum Gasteiger partial charge on any atom is 0.408 e. The quantitative estimate of drug-likeness (QED) is 0.360. The second-order valence-electron chi connectivity index (χ2n) is 10.6. The number of benzene rings is 1. The Balaban J connectivity index is 3.39. The second-order valence-corrected chi connectivity index (χ2v) is 10.6. The third kappa shape index (κ3) is 10.6. The van der Waals surface area contributed by atoms with E-state index in [4.69, 9.17) is 4.74 Å². The molecule has 0 saturated heterocycles. The van der Waals surface area contributed by atoms with Crippen molar-refractivity contribution in [1.82, 2.24) is 15.5 Å². The van der Waals surface area contributed by atoms with Gasteiger partial charge < -0.3 is 25.4 Å². The molecular formula is C27H45N3O5. The van der Waals surface area contributed by atoms with Crippen LogP contribution in [0.5, 0.6) is 5.75 Å². The molecule has 0 heterocycles. The van der Waals surface area contributed by atoms with Gasteiger partial charge in [-0.1, -0.05) is 39.3 Å². The lowest BCUT2D eigenvalue weighted by molar-refractivity contribution is -0.144. The highest BCUT2D eigenvalue weighted by molar-refractivity contribution is 5.92. The van der Waals surface area contributed by atoms with Crippen LogP contribution in [0.15, 0.2) is 24.3 Å². The monoisotopic (exact) mass is 491 g/mol. The Morgan fingerprint density at radius 3 is 2.29 bits per heavy atom. The van der Waals surface area contributed by atoms with Crippen molar-refractivity contribution in [2.45, 2.75) is 105 Å². The summed E-state index contributed by atoms with van der Waals surface area (Å²) >= 11 is 0. The maximum absolute atomic E-state index is 13.8. The molecule has 1 aromatic rings. The van der Waals surface area contributed by atoms with Crippen molar-refractivity contribution in [2.24, 2.45) is 5.92 Å². The number of aromatic hydroxyl groups is 1. The molecule has 3 N–H and O–H groups in total. The molecule has 8 heteroatoms. The fourth-order valence-electron chi connectivity index (χ4n) is 3.70. The third-order valence-electron chi connectivity index (χ3n) is 5.54. The summed E-state index contributed by atoms with van der Waals surface area (Å²) in [5, 5.41) is 15.7. The summed E-state index contributed by atoms with van der Waals surface area (Å²) in [6, 6.07) is 4.23. The number of ether oxygens (including phenoxy) is 1. The van der Waals surface area contributed by atoms with Crippen LogP contribution in [0.3, 0.4) is 0 Å². The SMILES string of the molecule is CCCCNC(=O)C(c1cccc(O)c1)N(C(=O)C(C)NC(=O)OC(C)(C)C)C(C)CCC(C)C. The van der Waals surface area contributed by atoms with Gasteiger partial charge in [-0.3, -0.25) is 9.59 Å². The second kappa shape index (κ2) is 14.0. The summed E-state index contributed by atoms with van der Waals surface area (Å²) in [6.45, 7) is 15.5. The molecule has 8 nitrogen and oxygen atoms in total. The summed E-state index contributed by atoms with van der Waals surface area (Å²) in [6.07, 6.45) is 2.57. The molecule has 0 aliphatic heterocycles. The molecule has 3 amide bonds. The standard InChI is InChI=1S/C27H45N3O5/c1-9-10-16-28-24(32)23(21-12-11-13-22(31)17-21)30(19(4)15-14-18(2)3)25(33)20(5)29-26(34)35-27(6,7)8/h11-13,17-20,23,31H,9-10,14-16H2,1-8H3,(H,28,32)(H,29,34). The molecule has 0 bridgehead atoms. The predicted octanol–water partition coefficient (Wildman–Crippen LogP) is 4.92. The summed E-state index contributed by atoms with van der Waals surface area (Å²) in [5.74, 6) is -0.287. The number of rotatable bonds is 12. The van der Waals surface area contributed by atoms with E-state index in [2.05, 4.69) is 24.5 Å². The largest absolute Gasteiger partial charge is 0.508 e. The van der Waals surface area contributed by atoms with Gasteiger partial charge in [0, 0.05) is 12.6 Å². The van der Waals surface area contributed by atoms with Gasteiger partial charge in [-0.05, 0) is 77.5 Å². The Bertz CT molecular complexity index is 834. The van der Waals surface area contributed by atoms with Crippen molar-refractivity contribution in [3.8, 4) is 5.75 Å². The number of carbonyl (C=O) groups excluding carboxylic acids is 3. The molecule has 3 atom stereocenters. The van der Waals surface area contributed by atoms with E-state index in [0.717, 1.165) is 19.3 Å². The fourth-order valence-corrected chi connectivity index (χ4v) is 3.70. The van der Waals surface area contributed by atoms with Crippen LogP contribution in [0.2, 0.25) is 0 Å². The highest BCUT2D eigenvalue weighted by Gasteiger charge is 2.37. The first-order valence-corrected chi connectivity index (χ1v) is 12.6. The van der Waals surface area contributed by atoms with Gasteiger partial charge in [0.25, 0.3) is 0 Å². The van der Waals surface area contributed by atoms with Crippen LogP contribution in [0.25, 0.3) is 0 Å². The van der Waals surface area contributed by atoms with Crippen molar-refractivity contribution in [2.75, 3.05) is 6.54 Å². The molecule has 0 aliphatic rings. The van der Waals surface area contributed by atoms with E-state index >= 15 is 0 Å². The lowest BCUT2D eigenvalue weighted by atomic mass is 9.97. The van der Waals surface area contributed by atoms with Crippen LogP contribution in [-0.4, -0.2) is 52.1 Å². The molecule has 1 rings (SSSR count). The number of nitrogens with zero attached hydrogens (tertiary/aromatic N) is 1. The van der Waals surface area contributed by atoms with Gasteiger partial charge in [0.1, 0.15) is 23.4 Å². The van der Waals surface area contributed by atoms with Gasteiger partial charge in [-0.25, -0.2) is 4.79 Å². The highest BCUT2D eigenvalue weighted by Crippen LogP contribution is 2.29. The van der Waals surface area contributed by atoms with Crippen LogP contribution < -0.4 is 10.6 Å². The molecule has 0 spiro atoms. The van der Waals surface area contributed by atoms with Crippen LogP contribution in [0, 0.1) is 5.92 Å².